The van der Waals surface area contributed by atoms with E-state index in [-0.39, 0.29) is 5.56 Å². The van der Waals surface area contributed by atoms with Crippen LogP contribution in [0, 0.1) is 23.4 Å². The number of aliphatic hydroxyl groups is 1. The van der Waals surface area contributed by atoms with E-state index < -0.39 is 23.1 Å². The van der Waals surface area contributed by atoms with Crippen LogP contribution in [0.25, 0.3) is 0 Å². The summed E-state index contributed by atoms with van der Waals surface area (Å²) in [6.07, 6.45) is 4.36. The van der Waals surface area contributed by atoms with E-state index in [0.29, 0.717) is 18.8 Å². The Labute approximate surface area is 111 Å². The first-order valence-corrected chi connectivity index (χ1v) is 6.84. The highest BCUT2D eigenvalue weighted by molar-refractivity contribution is 5.26. The van der Waals surface area contributed by atoms with Crippen LogP contribution in [-0.2, 0) is 5.60 Å². The van der Waals surface area contributed by atoms with Crippen molar-refractivity contribution in [1.29, 1.82) is 0 Å². The van der Waals surface area contributed by atoms with Crippen molar-refractivity contribution in [3.8, 4) is 0 Å². The summed E-state index contributed by atoms with van der Waals surface area (Å²) in [5.41, 5.74) is -1.48. The molecular weight excluding hydrogens is 253 g/mol. The van der Waals surface area contributed by atoms with Crippen molar-refractivity contribution in [2.24, 2.45) is 5.92 Å². The van der Waals surface area contributed by atoms with E-state index in [2.05, 4.69) is 6.92 Å². The van der Waals surface area contributed by atoms with E-state index in [1.165, 1.54) is 6.07 Å². The zero-order valence-electron chi connectivity index (χ0n) is 11.1. The molecule has 1 fully saturated rings. The van der Waals surface area contributed by atoms with Gasteiger partial charge in [0.25, 0.3) is 0 Å². The van der Waals surface area contributed by atoms with Crippen molar-refractivity contribution >= 4 is 0 Å². The molecule has 0 aliphatic heterocycles. The van der Waals surface area contributed by atoms with Crippen molar-refractivity contribution in [3.05, 3.63) is 35.1 Å². The number of hydrogen-bond acceptors (Lipinski definition) is 1. The van der Waals surface area contributed by atoms with E-state index in [4.69, 9.17) is 0 Å². The van der Waals surface area contributed by atoms with Gasteiger partial charge in [0.05, 0.1) is 5.60 Å². The molecule has 1 N–H and O–H groups in total. The molecule has 1 aromatic carbocycles. The lowest BCUT2D eigenvalue weighted by Crippen LogP contribution is -2.27. The van der Waals surface area contributed by atoms with Crippen LogP contribution >= 0.6 is 0 Å². The minimum Gasteiger partial charge on any atom is -0.385 e. The quantitative estimate of drug-likeness (QED) is 0.629. The number of benzene rings is 1. The van der Waals surface area contributed by atoms with Gasteiger partial charge in [-0.15, -0.1) is 0 Å². The topological polar surface area (TPSA) is 20.2 Å². The van der Waals surface area contributed by atoms with Gasteiger partial charge in [-0.1, -0.05) is 25.8 Å². The molecule has 0 radical (unpaired) electrons. The summed E-state index contributed by atoms with van der Waals surface area (Å²) < 4.78 is 40.1. The van der Waals surface area contributed by atoms with Crippen LogP contribution in [0.5, 0.6) is 0 Å². The van der Waals surface area contributed by atoms with Gasteiger partial charge in [0, 0.05) is 5.56 Å². The number of rotatable bonds is 2. The molecule has 0 spiro atoms. The molecule has 19 heavy (non-hydrogen) atoms. The normalized spacial score (nSPS) is 28.2. The van der Waals surface area contributed by atoms with Gasteiger partial charge in [-0.05, 0) is 37.7 Å². The molecule has 1 nitrogen and oxygen atoms in total. The Morgan fingerprint density at radius 3 is 2.58 bits per heavy atom. The Balaban J connectivity index is 2.32. The Kier molecular flexibility index (Phi) is 4.19. The highest BCUT2D eigenvalue weighted by Crippen LogP contribution is 2.40. The Morgan fingerprint density at radius 1 is 1.16 bits per heavy atom. The molecule has 106 valence electrons. The molecule has 0 saturated heterocycles. The first kappa shape index (κ1) is 14.4. The fraction of sp³-hybridized carbons (Fsp3) is 0.600. The number of halogens is 3. The molecule has 1 aliphatic carbocycles. The first-order valence-electron chi connectivity index (χ1n) is 6.84. The smallest absolute Gasteiger partial charge is 0.194 e. The van der Waals surface area contributed by atoms with Gasteiger partial charge >= 0.3 is 0 Å². The van der Waals surface area contributed by atoms with Crippen LogP contribution in [0.3, 0.4) is 0 Å². The lowest BCUT2D eigenvalue weighted by Gasteiger charge is -2.28. The molecule has 1 aromatic rings. The van der Waals surface area contributed by atoms with Crippen LogP contribution in [0.2, 0.25) is 0 Å². The van der Waals surface area contributed by atoms with Crippen LogP contribution in [-0.4, -0.2) is 5.11 Å². The molecule has 2 atom stereocenters. The minimum absolute atomic E-state index is 0.108. The van der Waals surface area contributed by atoms with Crippen molar-refractivity contribution < 1.29 is 18.3 Å². The second kappa shape index (κ2) is 5.53. The molecule has 0 heterocycles. The third-order valence-corrected chi connectivity index (χ3v) is 4.28. The van der Waals surface area contributed by atoms with Crippen LogP contribution in [0.15, 0.2) is 12.1 Å². The maximum atomic E-state index is 13.8. The van der Waals surface area contributed by atoms with Crippen LogP contribution in [0.1, 0.15) is 51.0 Å². The fourth-order valence-corrected chi connectivity index (χ4v) is 2.96. The van der Waals surface area contributed by atoms with E-state index >= 15 is 0 Å². The molecule has 2 rings (SSSR count). The standard InChI is InChI=1S/C15H19F3O/c1-2-10-4-3-8-15(19,9-7-10)11-5-6-12(16)14(18)13(11)17/h5-6,10,19H,2-4,7-9H2,1H3. The lowest BCUT2D eigenvalue weighted by atomic mass is 9.85. The summed E-state index contributed by atoms with van der Waals surface area (Å²) >= 11 is 0. The van der Waals surface area contributed by atoms with Gasteiger partial charge in [0.1, 0.15) is 0 Å². The molecular formula is C15H19F3O. The molecule has 1 saturated carbocycles. The minimum atomic E-state index is -1.50. The van der Waals surface area contributed by atoms with Crippen LogP contribution < -0.4 is 0 Å². The zero-order valence-corrected chi connectivity index (χ0v) is 11.1. The van der Waals surface area contributed by atoms with Gasteiger partial charge in [0.2, 0.25) is 0 Å². The summed E-state index contributed by atoms with van der Waals surface area (Å²) in [5, 5.41) is 10.6. The lowest BCUT2D eigenvalue weighted by molar-refractivity contribution is 0.0154. The summed E-state index contributed by atoms with van der Waals surface area (Å²) in [4.78, 5) is 0. The molecule has 4 heteroatoms. The average molecular weight is 272 g/mol. The van der Waals surface area contributed by atoms with Gasteiger partial charge in [-0.3, -0.25) is 0 Å². The van der Waals surface area contributed by atoms with E-state index in [0.717, 1.165) is 31.7 Å². The monoisotopic (exact) mass is 272 g/mol. The van der Waals surface area contributed by atoms with Crippen molar-refractivity contribution in [3.63, 3.8) is 0 Å². The predicted molar refractivity (Wildman–Crippen MR) is 67.1 cm³/mol. The second-order valence-corrected chi connectivity index (χ2v) is 5.46. The summed E-state index contributed by atoms with van der Waals surface area (Å²) in [6, 6.07) is 2.05. The number of hydrogen-bond donors (Lipinski definition) is 1. The average Bonchev–Trinajstić information content (AvgIpc) is 2.58. The molecule has 0 bridgehead atoms. The third-order valence-electron chi connectivity index (χ3n) is 4.28. The summed E-state index contributed by atoms with van der Waals surface area (Å²) in [6.45, 7) is 2.09. The molecule has 1 aliphatic rings. The fourth-order valence-electron chi connectivity index (χ4n) is 2.96. The largest absolute Gasteiger partial charge is 0.385 e. The summed E-state index contributed by atoms with van der Waals surface area (Å²) in [5.74, 6) is -3.45. The first-order chi connectivity index (χ1) is 8.98. The van der Waals surface area contributed by atoms with E-state index in [1.807, 2.05) is 0 Å². The molecule has 0 aromatic heterocycles. The van der Waals surface area contributed by atoms with Gasteiger partial charge in [0.15, 0.2) is 17.5 Å². The molecule has 0 amide bonds. The second-order valence-electron chi connectivity index (χ2n) is 5.46. The van der Waals surface area contributed by atoms with Crippen molar-refractivity contribution in [2.75, 3.05) is 0 Å². The molecule has 2 unspecified atom stereocenters. The highest BCUT2D eigenvalue weighted by Gasteiger charge is 2.35. The summed E-state index contributed by atoms with van der Waals surface area (Å²) in [7, 11) is 0. The van der Waals surface area contributed by atoms with E-state index in [1.54, 1.807) is 0 Å². The Hall–Kier alpha value is -1.03. The van der Waals surface area contributed by atoms with Gasteiger partial charge < -0.3 is 5.11 Å². The maximum absolute atomic E-state index is 13.8. The van der Waals surface area contributed by atoms with E-state index in [9.17, 15) is 18.3 Å². The third kappa shape index (κ3) is 2.78. The van der Waals surface area contributed by atoms with Crippen LogP contribution in [0.4, 0.5) is 13.2 Å². The Bertz CT molecular complexity index is 461. The van der Waals surface area contributed by atoms with Gasteiger partial charge in [-0.25, -0.2) is 13.2 Å². The van der Waals surface area contributed by atoms with Crippen molar-refractivity contribution in [2.45, 2.75) is 51.0 Å². The van der Waals surface area contributed by atoms with Gasteiger partial charge in [-0.2, -0.15) is 0 Å². The maximum Gasteiger partial charge on any atom is 0.194 e. The Morgan fingerprint density at radius 2 is 1.89 bits per heavy atom. The predicted octanol–water partition coefficient (Wildman–Crippen LogP) is 4.28. The van der Waals surface area contributed by atoms with Crippen molar-refractivity contribution in [1.82, 2.24) is 0 Å². The highest BCUT2D eigenvalue weighted by atomic mass is 19.2. The SMILES string of the molecule is CCC1CCCC(O)(c2ccc(F)c(F)c2F)CC1. The zero-order chi connectivity index (χ0) is 14.0.